The van der Waals surface area contributed by atoms with E-state index in [4.69, 9.17) is 9.57 Å². The van der Waals surface area contributed by atoms with Crippen LogP contribution in [0, 0.1) is 0 Å². The molecule has 4 heteroatoms. The summed E-state index contributed by atoms with van der Waals surface area (Å²) < 4.78 is 5.23. The molecule has 1 atom stereocenters. The minimum Gasteiger partial charge on any atom is -0.497 e. The van der Waals surface area contributed by atoms with Crippen molar-refractivity contribution in [2.45, 2.75) is 12.5 Å². The molecule has 0 aromatic heterocycles. The van der Waals surface area contributed by atoms with Gasteiger partial charge < -0.3 is 9.57 Å². The van der Waals surface area contributed by atoms with Gasteiger partial charge in [-0.15, -0.1) is 0 Å². The SMILES string of the molecule is COc1ccc(C2CC(N(c3ccccc3)c3ccccc3)=NO2)cc1. The van der Waals surface area contributed by atoms with Crippen LogP contribution in [0.25, 0.3) is 0 Å². The molecule has 0 amide bonds. The van der Waals surface area contributed by atoms with Crippen LogP contribution in [0.15, 0.2) is 90.1 Å². The molecule has 0 saturated carbocycles. The number of amidine groups is 1. The van der Waals surface area contributed by atoms with E-state index in [0.29, 0.717) is 6.42 Å². The highest BCUT2D eigenvalue weighted by Gasteiger charge is 2.28. The van der Waals surface area contributed by atoms with E-state index in [2.05, 4.69) is 34.3 Å². The van der Waals surface area contributed by atoms with E-state index in [1.165, 1.54) is 0 Å². The van der Waals surface area contributed by atoms with Gasteiger partial charge in [0, 0.05) is 11.4 Å². The van der Waals surface area contributed by atoms with E-state index in [-0.39, 0.29) is 6.10 Å². The predicted octanol–water partition coefficient (Wildman–Crippen LogP) is 5.31. The zero-order chi connectivity index (χ0) is 17.8. The molecule has 0 radical (unpaired) electrons. The maximum Gasteiger partial charge on any atom is 0.159 e. The summed E-state index contributed by atoms with van der Waals surface area (Å²) in [7, 11) is 1.67. The smallest absolute Gasteiger partial charge is 0.159 e. The van der Waals surface area contributed by atoms with Crippen LogP contribution in [-0.2, 0) is 4.84 Å². The second-order valence-electron chi connectivity index (χ2n) is 6.09. The number of hydrogen-bond acceptors (Lipinski definition) is 4. The van der Waals surface area contributed by atoms with E-state index >= 15 is 0 Å². The fraction of sp³-hybridized carbons (Fsp3) is 0.136. The van der Waals surface area contributed by atoms with Crippen molar-refractivity contribution in [3.8, 4) is 5.75 Å². The van der Waals surface area contributed by atoms with Gasteiger partial charge in [-0.25, -0.2) is 0 Å². The van der Waals surface area contributed by atoms with E-state index in [1.54, 1.807) is 7.11 Å². The Labute approximate surface area is 153 Å². The lowest BCUT2D eigenvalue weighted by molar-refractivity contribution is 0.0857. The highest BCUT2D eigenvalue weighted by Crippen LogP contribution is 2.34. The normalized spacial score (nSPS) is 15.9. The Kier molecular flexibility index (Phi) is 4.56. The molecule has 0 fully saturated rings. The minimum absolute atomic E-state index is 0.0918. The first-order chi connectivity index (χ1) is 12.8. The van der Waals surface area contributed by atoms with Gasteiger partial charge in [-0.05, 0) is 42.0 Å². The first-order valence-corrected chi connectivity index (χ1v) is 8.62. The highest BCUT2D eigenvalue weighted by molar-refractivity contribution is 6.04. The van der Waals surface area contributed by atoms with Gasteiger partial charge in [0.05, 0.1) is 13.5 Å². The Morgan fingerprint density at radius 3 is 1.96 bits per heavy atom. The number of nitrogens with zero attached hydrogens (tertiary/aromatic N) is 2. The van der Waals surface area contributed by atoms with Crippen molar-refractivity contribution in [2.24, 2.45) is 5.16 Å². The number of oxime groups is 1. The molecule has 0 aliphatic carbocycles. The van der Waals surface area contributed by atoms with Gasteiger partial charge >= 0.3 is 0 Å². The van der Waals surface area contributed by atoms with E-state index in [0.717, 1.165) is 28.5 Å². The molecule has 0 saturated heterocycles. The topological polar surface area (TPSA) is 34.1 Å². The molecule has 1 aliphatic rings. The van der Waals surface area contributed by atoms with Crippen molar-refractivity contribution in [3.63, 3.8) is 0 Å². The lowest BCUT2D eigenvalue weighted by atomic mass is 10.1. The molecule has 26 heavy (non-hydrogen) atoms. The molecular formula is C22H20N2O2. The van der Waals surface area contributed by atoms with Crippen LogP contribution in [0.5, 0.6) is 5.75 Å². The second-order valence-corrected chi connectivity index (χ2v) is 6.09. The third-order valence-corrected chi connectivity index (χ3v) is 4.43. The van der Waals surface area contributed by atoms with E-state index in [1.807, 2.05) is 60.7 Å². The number of benzene rings is 3. The number of anilines is 2. The van der Waals surface area contributed by atoms with Gasteiger partial charge in [0.2, 0.25) is 0 Å². The number of ether oxygens (including phenoxy) is 1. The van der Waals surface area contributed by atoms with Gasteiger partial charge in [-0.2, -0.15) is 0 Å². The number of methoxy groups -OCH3 is 1. The summed E-state index contributed by atoms with van der Waals surface area (Å²) in [4.78, 5) is 7.90. The van der Waals surface area contributed by atoms with Crippen molar-refractivity contribution in [1.82, 2.24) is 0 Å². The predicted molar refractivity (Wildman–Crippen MR) is 104 cm³/mol. The summed E-state index contributed by atoms with van der Waals surface area (Å²) >= 11 is 0. The molecule has 0 N–H and O–H groups in total. The van der Waals surface area contributed by atoms with E-state index < -0.39 is 0 Å². The third kappa shape index (κ3) is 3.26. The number of rotatable bonds is 4. The summed E-state index contributed by atoms with van der Waals surface area (Å²) in [6.07, 6.45) is 0.613. The summed E-state index contributed by atoms with van der Waals surface area (Å²) in [5.74, 6) is 1.73. The summed E-state index contributed by atoms with van der Waals surface area (Å²) in [6, 6.07) is 28.4. The molecule has 4 nitrogen and oxygen atoms in total. The zero-order valence-corrected chi connectivity index (χ0v) is 14.6. The first kappa shape index (κ1) is 16.2. The van der Waals surface area contributed by atoms with Gasteiger partial charge in [0.1, 0.15) is 5.75 Å². The second kappa shape index (κ2) is 7.31. The van der Waals surface area contributed by atoms with Crippen LogP contribution in [0.1, 0.15) is 18.1 Å². The van der Waals surface area contributed by atoms with Gasteiger partial charge in [0.15, 0.2) is 11.9 Å². The average Bonchev–Trinajstić information content (AvgIpc) is 3.19. The Balaban J connectivity index is 1.61. The van der Waals surface area contributed by atoms with Crippen LogP contribution in [-0.4, -0.2) is 12.9 Å². The highest BCUT2D eigenvalue weighted by atomic mass is 16.6. The number of hydrogen-bond donors (Lipinski definition) is 0. The molecule has 3 aromatic carbocycles. The summed E-state index contributed by atoms with van der Waals surface area (Å²) in [6.45, 7) is 0. The van der Waals surface area contributed by atoms with Crippen LogP contribution in [0.3, 0.4) is 0 Å². The molecule has 130 valence electrons. The molecule has 4 rings (SSSR count). The lowest BCUT2D eigenvalue weighted by Crippen LogP contribution is -2.24. The summed E-state index contributed by atoms with van der Waals surface area (Å²) in [5.41, 5.74) is 3.22. The Hall–Kier alpha value is -3.27. The molecular weight excluding hydrogens is 324 g/mol. The standard InChI is InChI=1S/C22H20N2O2/c1-25-20-14-12-17(13-15-20)21-16-22(23-26-21)24(18-8-4-2-5-9-18)19-10-6-3-7-11-19/h2-15,21H,16H2,1H3. The molecule has 1 unspecified atom stereocenters. The number of para-hydroxylation sites is 2. The average molecular weight is 344 g/mol. The van der Waals surface area contributed by atoms with E-state index in [9.17, 15) is 0 Å². The molecule has 0 bridgehead atoms. The monoisotopic (exact) mass is 344 g/mol. The van der Waals surface area contributed by atoms with Gasteiger partial charge in [-0.1, -0.05) is 53.7 Å². The minimum atomic E-state index is -0.0918. The Morgan fingerprint density at radius 1 is 0.846 bits per heavy atom. The Morgan fingerprint density at radius 2 is 1.42 bits per heavy atom. The lowest BCUT2D eigenvalue weighted by Gasteiger charge is -2.24. The van der Waals surface area contributed by atoms with Crippen LogP contribution >= 0.6 is 0 Å². The Bertz CT molecular complexity index is 838. The summed E-state index contributed by atoms with van der Waals surface area (Å²) in [5, 5.41) is 4.40. The fourth-order valence-electron chi connectivity index (χ4n) is 3.10. The van der Waals surface area contributed by atoms with Gasteiger partial charge in [-0.3, -0.25) is 4.90 Å². The van der Waals surface area contributed by atoms with Crippen LogP contribution < -0.4 is 9.64 Å². The van der Waals surface area contributed by atoms with Crippen molar-refractivity contribution in [3.05, 3.63) is 90.5 Å². The van der Waals surface area contributed by atoms with Crippen molar-refractivity contribution >= 4 is 17.2 Å². The molecule has 3 aromatic rings. The largest absolute Gasteiger partial charge is 0.497 e. The maximum absolute atomic E-state index is 5.75. The third-order valence-electron chi connectivity index (χ3n) is 4.43. The van der Waals surface area contributed by atoms with Crippen molar-refractivity contribution in [1.29, 1.82) is 0 Å². The van der Waals surface area contributed by atoms with Crippen LogP contribution in [0.2, 0.25) is 0 Å². The zero-order valence-electron chi connectivity index (χ0n) is 14.6. The quantitative estimate of drug-likeness (QED) is 0.643. The maximum atomic E-state index is 5.75. The van der Waals surface area contributed by atoms with Crippen molar-refractivity contribution in [2.75, 3.05) is 12.0 Å². The van der Waals surface area contributed by atoms with Crippen LogP contribution in [0.4, 0.5) is 11.4 Å². The fourth-order valence-corrected chi connectivity index (χ4v) is 3.10. The van der Waals surface area contributed by atoms with Gasteiger partial charge in [0.25, 0.3) is 0 Å². The molecule has 1 heterocycles. The first-order valence-electron chi connectivity index (χ1n) is 8.62. The van der Waals surface area contributed by atoms with Crippen molar-refractivity contribution < 1.29 is 9.57 Å². The molecule has 1 aliphatic heterocycles. The molecule has 0 spiro atoms.